The molecule has 0 fully saturated rings. The van der Waals surface area contributed by atoms with E-state index in [1.165, 1.54) is 9.13 Å². The van der Waals surface area contributed by atoms with Gasteiger partial charge in [0.2, 0.25) is 0 Å². The van der Waals surface area contributed by atoms with E-state index in [-0.39, 0.29) is 6.04 Å². The van der Waals surface area contributed by atoms with Crippen molar-refractivity contribution in [3.05, 3.63) is 62.2 Å². The molecule has 0 radical (unpaired) electrons. The molecule has 2 aromatic carbocycles. The fourth-order valence-electron chi connectivity index (χ4n) is 2.21. The Morgan fingerprint density at radius 3 is 2.53 bits per heavy atom. The van der Waals surface area contributed by atoms with Gasteiger partial charge in [-0.05, 0) is 65.3 Å². The molecule has 2 aromatic rings. The minimum Gasteiger partial charge on any atom is -0.496 e. The zero-order chi connectivity index (χ0) is 14.0. The lowest BCUT2D eigenvalue weighted by atomic mass is 9.95. The molecule has 0 bridgehead atoms. The van der Waals surface area contributed by atoms with Crippen molar-refractivity contribution in [2.75, 3.05) is 7.11 Å². The molecule has 0 amide bonds. The maximum Gasteiger partial charge on any atom is 0.127 e. The molecule has 0 aliphatic carbocycles. The van der Waals surface area contributed by atoms with E-state index in [2.05, 4.69) is 66.8 Å². The summed E-state index contributed by atoms with van der Waals surface area (Å²) in [5.74, 6) is 0.895. The molecule has 0 aromatic heterocycles. The van der Waals surface area contributed by atoms with Gasteiger partial charge in [0.15, 0.2) is 0 Å². The lowest BCUT2D eigenvalue weighted by Crippen LogP contribution is -2.14. The first kappa shape index (κ1) is 14.3. The predicted octanol–water partition coefficient (Wildman–Crippen LogP) is 3.96. The lowest BCUT2D eigenvalue weighted by Gasteiger charge is -2.19. The van der Waals surface area contributed by atoms with E-state index >= 15 is 0 Å². The summed E-state index contributed by atoms with van der Waals surface area (Å²) in [6.45, 7) is 4.15. The molecule has 100 valence electrons. The highest BCUT2D eigenvalue weighted by Crippen LogP contribution is 2.33. The standard InChI is InChI=1S/C16H18INO/c1-10-7-8-14(16(19-3)11(10)2)15(18)12-5-4-6-13(17)9-12/h4-9,15H,18H2,1-3H3. The molecule has 0 heterocycles. The number of rotatable bonds is 3. The molecule has 2 N–H and O–H groups in total. The molecule has 3 heteroatoms. The van der Waals surface area contributed by atoms with Gasteiger partial charge in [-0.1, -0.05) is 24.3 Å². The average Bonchev–Trinajstić information content (AvgIpc) is 2.41. The average molecular weight is 367 g/mol. The summed E-state index contributed by atoms with van der Waals surface area (Å²) in [6.07, 6.45) is 0. The van der Waals surface area contributed by atoms with Crippen LogP contribution in [-0.4, -0.2) is 7.11 Å². The fourth-order valence-corrected chi connectivity index (χ4v) is 2.77. The summed E-state index contributed by atoms with van der Waals surface area (Å²) < 4.78 is 6.74. The number of nitrogens with two attached hydrogens (primary N) is 1. The monoisotopic (exact) mass is 367 g/mol. The number of aryl methyl sites for hydroxylation is 1. The molecular weight excluding hydrogens is 349 g/mol. The molecule has 1 atom stereocenters. The smallest absolute Gasteiger partial charge is 0.127 e. The maximum atomic E-state index is 6.40. The van der Waals surface area contributed by atoms with E-state index in [0.29, 0.717) is 0 Å². The first-order chi connectivity index (χ1) is 9.04. The van der Waals surface area contributed by atoms with Gasteiger partial charge in [0, 0.05) is 9.13 Å². The van der Waals surface area contributed by atoms with Gasteiger partial charge in [0.25, 0.3) is 0 Å². The molecule has 0 aliphatic heterocycles. The lowest BCUT2D eigenvalue weighted by molar-refractivity contribution is 0.404. The first-order valence-electron chi connectivity index (χ1n) is 6.19. The summed E-state index contributed by atoms with van der Waals surface area (Å²) in [6, 6.07) is 12.3. The molecule has 0 saturated carbocycles. The van der Waals surface area contributed by atoms with Crippen molar-refractivity contribution in [2.24, 2.45) is 5.73 Å². The normalized spacial score (nSPS) is 12.3. The zero-order valence-corrected chi connectivity index (χ0v) is 13.6. The van der Waals surface area contributed by atoms with Crippen LogP contribution in [0.25, 0.3) is 0 Å². The Hall–Kier alpha value is -1.07. The van der Waals surface area contributed by atoms with Crippen molar-refractivity contribution in [2.45, 2.75) is 19.9 Å². The molecule has 19 heavy (non-hydrogen) atoms. The second-order valence-electron chi connectivity index (χ2n) is 4.66. The van der Waals surface area contributed by atoms with Gasteiger partial charge in [-0.15, -0.1) is 0 Å². The topological polar surface area (TPSA) is 35.2 Å². The molecule has 0 saturated heterocycles. The van der Waals surface area contributed by atoms with Gasteiger partial charge in [0.05, 0.1) is 13.2 Å². The Kier molecular flexibility index (Phi) is 4.47. The number of hydrogen-bond donors (Lipinski definition) is 1. The Bertz CT molecular complexity index is 595. The Balaban J connectivity index is 2.50. The number of halogens is 1. The largest absolute Gasteiger partial charge is 0.496 e. The summed E-state index contributed by atoms with van der Waals surface area (Å²) >= 11 is 2.30. The Morgan fingerprint density at radius 2 is 1.89 bits per heavy atom. The second-order valence-corrected chi connectivity index (χ2v) is 5.91. The van der Waals surface area contributed by atoms with E-state index in [4.69, 9.17) is 10.5 Å². The predicted molar refractivity (Wildman–Crippen MR) is 87.7 cm³/mol. The number of hydrogen-bond acceptors (Lipinski definition) is 2. The van der Waals surface area contributed by atoms with Crippen molar-refractivity contribution in [3.8, 4) is 5.75 Å². The van der Waals surface area contributed by atoms with Gasteiger partial charge in [-0.25, -0.2) is 0 Å². The van der Waals surface area contributed by atoms with E-state index in [1.54, 1.807) is 7.11 Å². The molecule has 2 rings (SSSR count). The van der Waals surface area contributed by atoms with E-state index in [0.717, 1.165) is 22.4 Å². The van der Waals surface area contributed by atoms with Crippen LogP contribution < -0.4 is 10.5 Å². The highest BCUT2D eigenvalue weighted by Gasteiger charge is 2.16. The first-order valence-corrected chi connectivity index (χ1v) is 7.27. The van der Waals surface area contributed by atoms with Crippen molar-refractivity contribution in [1.82, 2.24) is 0 Å². The maximum absolute atomic E-state index is 6.40. The summed E-state index contributed by atoms with van der Waals surface area (Å²) in [4.78, 5) is 0. The van der Waals surface area contributed by atoms with E-state index in [9.17, 15) is 0 Å². The van der Waals surface area contributed by atoms with Gasteiger partial charge in [-0.2, -0.15) is 0 Å². The third kappa shape index (κ3) is 2.92. The number of ether oxygens (including phenoxy) is 1. The second kappa shape index (κ2) is 5.92. The SMILES string of the molecule is COc1c(C(N)c2cccc(I)c2)ccc(C)c1C. The minimum absolute atomic E-state index is 0.163. The van der Waals surface area contributed by atoms with Crippen LogP contribution in [0.2, 0.25) is 0 Å². The highest BCUT2D eigenvalue weighted by atomic mass is 127. The molecule has 0 aliphatic rings. The van der Waals surface area contributed by atoms with Crippen molar-refractivity contribution >= 4 is 22.6 Å². The van der Waals surface area contributed by atoms with E-state index in [1.807, 2.05) is 6.07 Å². The third-order valence-corrected chi connectivity index (χ3v) is 4.13. The number of benzene rings is 2. The van der Waals surface area contributed by atoms with Crippen molar-refractivity contribution < 1.29 is 4.74 Å². The van der Waals surface area contributed by atoms with Crippen LogP contribution in [0.15, 0.2) is 36.4 Å². The van der Waals surface area contributed by atoms with Gasteiger partial charge in [0.1, 0.15) is 5.75 Å². The van der Waals surface area contributed by atoms with Crippen LogP contribution in [0.4, 0.5) is 0 Å². The number of methoxy groups -OCH3 is 1. The highest BCUT2D eigenvalue weighted by molar-refractivity contribution is 14.1. The van der Waals surface area contributed by atoms with Crippen LogP contribution >= 0.6 is 22.6 Å². The summed E-state index contributed by atoms with van der Waals surface area (Å²) in [5, 5.41) is 0. The molecular formula is C16H18INO. The Morgan fingerprint density at radius 1 is 1.16 bits per heavy atom. The van der Waals surface area contributed by atoms with Gasteiger partial charge >= 0.3 is 0 Å². The van der Waals surface area contributed by atoms with Gasteiger partial charge < -0.3 is 10.5 Å². The van der Waals surface area contributed by atoms with Crippen LogP contribution in [0.1, 0.15) is 28.3 Å². The van der Waals surface area contributed by atoms with Crippen LogP contribution in [0, 0.1) is 17.4 Å². The minimum atomic E-state index is -0.163. The summed E-state index contributed by atoms with van der Waals surface area (Å²) in [7, 11) is 1.70. The zero-order valence-electron chi connectivity index (χ0n) is 11.4. The Labute approximate surface area is 128 Å². The van der Waals surface area contributed by atoms with Crippen molar-refractivity contribution in [1.29, 1.82) is 0 Å². The van der Waals surface area contributed by atoms with Crippen LogP contribution in [-0.2, 0) is 0 Å². The van der Waals surface area contributed by atoms with Gasteiger partial charge in [-0.3, -0.25) is 0 Å². The quantitative estimate of drug-likeness (QED) is 0.834. The van der Waals surface area contributed by atoms with E-state index < -0.39 is 0 Å². The molecule has 0 spiro atoms. The van der Waals surface area contributed by atoms with Crippen LogP contribution in [0.3, 0.4) is 0 Å². The molecule has 2 nitrogen and oxygen atoms in total. The molecule has 1 unspecified atom stereocenters. The fraction of sp³-hybridized carbons (Fsp3) is 0.250. The van der Waals surface area contributed by atoms with Crippen LogP contribution in [0.5, 0.6) is 5.75 Å². The third-order valence-electron chi connectivity index (χ3n) is 3.45. The van der Waals surface area contributed by atoms with Crippen molar-refractivity contribution in [3.63, 3.8) is 0 Å². The summed E-state index contributed by atoms with van der Waals surface area (Å²) in [5.41, 5.74) is 10.9.